The van der Waals surface area contributed by atoms with E-state index in [1.165, 1.54) is 0 Å². The van der Waals surface area contributed by atoms with Crippen LogP contribution in [0.3, 0.4) is 0 Å². The van der Waals surface area contributed by atoms with E-state index < -0.39 is 17.7 Å². The second kappa shape index (κ2) is 7.37. The molecule has 1 saturated heterocycles. The molecule has 0 aliphatic carbocycles. The van der Waals surface area contributed by atoms with Crippen molar-refractivity contribution in [2.75, 3.05) is 20.1 Å². The summed E-state index contributed by atoms with van der Waals surface area (Å²) in [4.78, 5) is 10.0. The molecule has 4 nitrogen and oxygen atoms in total. The number of hydrogen-bond acceptors (Lipinski definition) is 3. The van der Waals surface area contributed by atoms with Gasteiger partial charge in [0.1, 0.15) is 11.9 Å². The molecule has 1 fully saturated rings. The van der Waals surface area contributed by atoms with Gasteiger partial charge < -0.3 is 14.6 Å². The third-order valence-corrected chi connectivity index (χ3v) is 5.24. The lowest BCUT2D eigenvalue weighted by Gasteiger charge is -2.31. The molecular weight excluding hydrogens is 348 g/mol. The lowest BCUT2D eigenvalue weighted by molar-refractivity contribution is -0.0278. The van der Waals surface area contributed by atoms with E-state index in [-0.39, 0.29) is 17.2 Å². The van der Waals surface area contributed by atoms with E-state index in [4.69, 9.17) is 4.74 Å². The van der Waals surface area contributed by atoms with E-state index in [1.807, 2.05) is 24.3 Å². The third kappa shape index (κ3) is 3.59. The van der Waals surface area contributed by atoms with Crippen LogP contribution in [-0.4, -0.2) is 41.1 Å². The van der Waals surface area contributed by atoms with Crippen molar-refractivity contribution in [1.29, 1.82) is 0 Å². The van der Waals surface area contributed by atoms with Crippen molar-refractivity contribution < 1.29 is 13.5 Å². The molecule has 4 rings (SSSR count). The molecule has 27 heavy (non-hydrogen) atoms. The van der Waals surface area contributed by atoms with Crippen LogP contribution in [0.2, 0.25) is 0 Å². The Morgan fingerprint density at radius 3 is 2.59 bits per heavy atom. The number of halogens is 2. The summed E-state index contributed by atoms with van der Waals surface area (Å²) in [6.07, 6.45) is 0.899. The molecule has 142 valence electrons. The first-order chi connectivity index (χ1) is 13.0. The van der Waals surface area contributed by atoms with E-state index in [9.17, 15) is 8.78 Å². The van der Waals surface area contributed by atoms with Crippen molar-refractivity contribution in [2.24, 2.45) is 0 Å². The van der Waals surface area contributed by atoms with Gasteiger partial charge in [0.05, 0.1) is 17.1 Å². The lowest BCUT2D eigenvalue weighted by atomic mass is 10.0. The Morgan fingerprint density at radius 1 is 1.11 bits per heavy atom. The summed E-state index contributed by atoms with van der Waals surface area (Å²) in [6.45, 7) is 3.39. The first kappa shape index (κ1) is 18.1. The molecule has 0 amide bonds. The van der Waals surface area contributed by atoms with Crippen LogP contribution in [0.15, 0.2) is 36.4 Å². The van der Waals surface area contributed by atoms with Crippen LogP contribution >= 0.6 is 0 Å². The average Bonchev–Trinajstić information content (AvgIpc) is 3.10. The number of H-pyrrole nitrogens is 1. The topological polar surface area (TPSA) is 41.1 Å². The number of aromatic amines is 1. The largest absolute Gasteiger partial charge is 0.362 e. The van der Waals surface area contributed by atoms with Crippen LogP contribution in [-0.2, 0) is 4.74 Å². The number of piperidine rings is 1. The van der Waals surface area contributed by atoms with Gasteiger partial charge >= 0.3 is 0 Å². The molecule has 0 bridgehead atoms. The van der Waals surface area contributed by atoms with E-state index in [0.29, 0.717) is 5.82 Å². The Kier molecular flexibility index (Phi) is 4.93. The predicted molar refractivity (Wildman–Crippen MR) is 101 cm³/mol. The van der Waals surface area contributed by atoms with Gasteiger partial charge in [-0.1, -0.05) is 24.3 Å². The zero-order chi connectivity index (χ0) is 19.0. The molecule has 1 aliphatic heterocycles. The van der Waals surface area contributed by atoms with E-state index in [0.717, 1.165) is 37.0 Å². The van der Waals surface area contributed by atoms with E-state index >= 15 is 0 Å². The van der Waals surface area contributed by atoms with Crippen LogP contribution < -0.4 is 0 Å². The van der Waals surface area contributed by atoms with Crippen molar-refractivity contribution in [3.63, 3.8) is 0 Å². The minimum absolute atomic E-state index is 0.0248. The van der Waals surface area contributed by atoms with Crippen molar-refractivity contribution in [1.82, 2.24) is 14.9 Å². The number of aromatic nitrogens is 2. The van der Waals surface area contributed by atoms with Crippen molar-refractivity contribution in [3.8, 4) is 0 Å². The Hall–Kier alpha value is -2.31. The first-order valence-electron chi connectivity index (χ1n) is 9.26. The molecule has 2 aromatic carbocycles. The van der Waals surface area contributed by atoms with Crippen molar-refractivity contribution >= 4 is 11.0 Å². The van der Waals surface area contributed by atoms with Gasteiger partial charge in [0.15, 0.2) is 11.6 Å². The number of benzene rings is 2. The van der Waals surface area contributed by atoms with E-state index in [2.05, 4.69) is 21.9 Å². The lowest BCUT2D eigenvalue weighted by Crippen LogP contribution is -2.35. The van der Waals surface area contributed by atoms with Crippen LogP contribution in [0.5, 0.6) is 0 Å². The molecule has 0 spiro atoms. The molecule has 0 saturated carbocycles. The summed E-state index contributed by atoms with van der Waals surface area (Å²) in [5, 5.41) is 0. The second-order valence-corrected chi connectivity index (χ2v) is 7.26. The van der Waals surface area contributed by atoms with Crippen LogP contribution in [0.1, 0.15) is 35.9 Å². The number of hydrogen-bond donors (Lipinski definition) is 1. The molecule has 1 unspecified atom stereocenters. The summed E-state index contributed by atoms with van der Waals surface area (Å²) in [7, 11) is 2.07. The Balaban J connectivity index is 1.74. The van der Waals surface area contributed by atoms with Crippen LogP contribution in [0.4, 0.5) is 8.78 Å². The molecule has 3 aromatic rings. The summed E-state index contributed by atoms with van der Waals surface area (Å²) in [5.41, 5.74) is 2.07. The van der Waals surface area contributed by atoms with Crippen LogP contribution in [0, 0.1) is 18.6 Å². The molecule has 1 aliphatic rings. The molecule has 6 heteroatoms. The predicted octanol–water partition coefficient (Wildman–Crippen LogP) is 4.35. The Labute approximate surface area is 157 Å². The molecule has 1 aromatic heterocycles. The number of para-hydroxylation sites is 2. The highest BCUT2D eigenvalue weighted by Gasteiger charge is 2.29. The number of rotatable bonds is 4. The summed E-state index contributed by atoms with van der Waals surface area (Å²) >= 11 is 0. The normalized spacial score (nSPS) is 17.5. The Bertz CT molecular complexity index is 915. The molecule has 1 N–H and O–H groups in total. The molecule has 2 heterocycles. The smallest absolute Gasteiger partial charge is 0.165 e. The summed E-state index contributed by atoms with van der Waals surface area (Å²) < 4.78 is 35.3. The van der Waals surface area contributed by atoms with Gasteiger partial charge in [-0.15, -0.1) is 0 Å². The highest BCUT2D eigenvalue weighted by atomic mass is 19.2. The number of ether oxygens (including phenoxy) is 1. The Morgan fingerprint density at radius 2 is 1.85 bits per heavy atom. The van der Waals surface area contributed by atoms with Gasteiger partial charge in [-0.05, 0) is 44.5 Å². The zero-order valence-electron chi connectivity index (χ0n) is 15.5. The molecule has 1 atom stereocenters. The van der Waals surface area contributed by atoms with Gasteiger partial charge in [-0.25, -0.2) is 13.8 Å². The maximum absolute atomic E-state index is 14.8. The third-order valence-electron chi connectivity index (χ3n) is 5.24. The van der Waals surface area contributed by atoms with Crippen molar-refractivity contribution in [2.45, 2.75) is 32.0 Å². The van der Waals surface area contributed by atoms with Crippen LogP contribution in [0.25, 0.3) is 11.0 Å². The van der Waals surface area contributed by atoms with Gasteiger partial charge in [0.25, 0.3) is 0 Å². The number of fused-ring (bicyclic) bond motifs is 1. The SMILES string of the molecule is Cc1ccc(C(OC2CCN(C)CC2)c2nc3ccccc3[nH]2)c(F)c1F. The minimum Gasteiger partial charge on any atom is -0.362 e. The van der Waals surface area contributed by atoms with Crippen molar-refractivity contribution in [3.05, 3.63) is 65.0 Å². The quantitative estimate of drug-likeness (QED) is 0.741. The summed E-state index contributed by atoms with van der Waals surface area (Å²) in [5.74, 6) is -1.20. The van der Waals surface area contributed by atoms with Gasteiger partial charge in [0, 0.05) is 18.7 Å². The fourth-order valence-corrected chi connectivity index (χ4v) is 3.56. The average molecular weight is 371 g/mol. The highest BCUT2D eigenvalue weighted by molar-refractivity contribution is 5.74. The number of nitrogens with one attached hydrogen (secondary N) is 1. The number of imidazole rings is 1. The maximum atomic E-state index is 14.8. The second-order valence-electron chi connectivity index (χ2n) is 7.26. The molecule has 0 radical (unpaired) electrons. The zero-order valence-corrected chi connectivity index (χ0v) is 15.5. The maximum Gasteiger partial charge on any atom is 0.165 e. The fourth-order valence-electron chi connectivity index (χ4n) is 3.56. The van der Waals surface area contributed by atoms with Gasteiger partial charge in [-0.3, -0.25) is 0 Å². The van der Waals surface area contributed by atoms with Gasteiger partial charge in [-0.2, -0.15) is 0 Å². The van der Waals surface area contributed by atoms with E-state index in [1.54, 1.807) is 19.1 Å². The number of aryl methyl sites for hydroxylation is 1. The minimum atomic E-state index is -0.867. The number of likely N-dealkylation sites (tertiary alicyclic amines) is 1. The number of nitrogens with zero attached hydrogens (tertiary/aromatic N) is 2. The fraction of sp³-hybridized carbons (Fsp3) is 0.381. The first-order valence-corrected chi connectivity index (χ1v) is 9.26. The van der Waals surface area contributed by atoms with Gasteiger partial charge in [0.2, 0.25) is 0 Å². The monoisotopic (exact) mass is 371 g/mol. The molecular formula is C21H23F2N3O. The standard InChI is InChI=1S/C21H23F2N3O/c1-13-7-8-15(19(23)18(13)22)20(27-14-9-11-26(2)12-10-14)21-24-16-5-3-4-6-17(16)25-21/h3-8,14,20H,9-12H2,1-2H3,(H,24,25). The summed E-state index contributed by atoms with van der Waals surface area (Å²) in [6, 6.07) is 10.8. The highest BCUT2D eigenvalue weighted by Crippen LogP contribution is 2.32.